The van der Waals surface area contributed by atoms with Crippen LogP contribution in [0.1, 0.15) is 10.4 Å². The molecule has 78 valence electrons. The number of carbonyl (C=O) groups is 1. The zero-order chi connectivity index (χ0) is 11.4. The number of terminal acetylenes is 1. The summed E-state index contributed by atoms with van der Waals surface area (Å²) in [5.74, 6) is 0.563. The molecule has 0 aliphatic rings. The second kappa shape index (κ2) is 4.47. The molecule has 4 heteroatoms. The first kappa shape index (κ1) is 11.1. The molecule has 0 aromatic heterocycles. The van der Waals surface area contributed by atoms with E-state index >= 15 is 0 Å². The van der Waals surface area contributed by atoms with E-state index in [0.717, 1.165) is 0 Å². The smallest absolute Gasteiger partial charge is 0.337 e. The van der Waals surface area contributed by atoms with Crippen LogP contribution in [-0.4, -0.2) is 24.7 Å². The van der Waals surface area contributed by atoms with Crippen molar-refractivity contribution in [2.24, 2.45) is 0 Å². The van der Waals surface area contributed by atoms with Gasteiger partial charge >= 0.3 is 5.97 Å². The summed E-state index contributed by atoms with van der Waals surface area (Å²) in [5, 5.41) is 8.86. The summed E-state index contributed by atoms with van der Waals surface area (Å²) < 4.78 is 13.4. The number of halogens is 1. The summed E-state index contributed by atoms with van der Waals surface area (Å²) in [6, 6.07) is 3.90. The Hall–Kier alpha value is -2.02. The van der Waals surface area contributed by atoms with E-state index in [2.05, 4.69) is 5.92 Å². The highest BCUT2D eigenvalue weighted by Gasteiger charge is 2.16. The number of para-hydroxylation sites is 1. The molecule has 1 N–H and O–H groups in total. The molecule has 0 unspecified atom stereocenters. The molecule has 1 aromatic rings. The predicted molar refractivity (Wildman–Crippen MR) is 55.5 cm³/mol. The second-order valence-corrected chi connectivity index (χ2v) is 3.00. The maximum atomic E-state index is 13.4. The largest absolute Gasteiger partial charge is 0.478 e. The molecule has 0 radical (unpaired) electrons. The Bertz CT molecular complexity index is 423. The van der Waals surface area contributed by atoms with Crippen LogP contribution in [0.3, 0.4) is 0 Å². The lowest BCUT2D eigenvalue weighted by Crippen LogP contribution is -2.21. The van der Waals surface area contributed by atoms with Crippen LogP contribution in [0, 0.1) is 18.2 Å². The average Bonchev–Trinajstić information content (AvgIpc) is 2.17. The molecular formula is C11H10FNO2. The molecule has 15 heavy (non-hydrogen) atoms. The van der Waals surface area contributed by atoms with Gasteiger partial charge in [-0.25, -0.2) is 9.18 Å². The van der Waals surface area contributed by atoms with Crippen molar-refractivity contribution in [3.8, 4) is 12.3 Å². The first-order chi connectivity index (χ1) is 7.07. The van der Waals surface area contributed by atoms with E-state index in [-0.39, 0.29) is 17.8 Å². The number of anilines is 1. The maximum absolute atomic E-state index is 13.4. The Morgan fingerprint density at radius 2 is 2.33 bits per heavy atom. The molecule has 0 amide bonds. The monoisotopic (exact) mass is 207 g/mol. The first-order valence-corrected chi connectivity index (χ1v) is 4.24. The number of hydrogen-bond acceptors (Lipinski definition) is 2. The van der Waals surface area contributed by atoms with Crippen molar-refractivity contribution in [1.29, 1.82) is 0 Å². The van der Waals surface area contributed by atoms with E-state index in [9.17, 15) is 9.18 Å². The van der Waals surface area contributed by atoms with Gasteiger partial charge in [-0.05, 0) is 12.1 Å². The fraction of sp³-hybridized carbons (Fsp3) is 0.182. The highest BCUT2D eigenvalue weighted by Crippen LogP contribution is 2.23. The van der Waals surface area contributed by atoms with Crippen molar-refractivity contribution >= 4 is 11.7 Å². The third-order valence-electron chi connectivity index (χ3n) is 1.93. The van der Waals surface area contributed by atoms with Crippen LogP contribution < -0.4 is 4.90 Å². The Labute approximate surface area is 87.1 Å². The molecule has 0 saturated carbocycles. The lowest BCUT2D eigenvalue weighted by Gasteiger charge is -2.18. The van der Waals surface area contributed by atoms with Gasteiger partial charge in [-0.3, -0.25) is 0 Å². The zero-order valence-corrected chi connectivity index (χ0v) is 8.20. The van der Waals surface area contributed by atoms with Gasteiger partial charge in [0.2, 0.25) is 0 Å². The van der Waals surface area contributed by atoms with E-state index < -0.39 is 11.8 Å². The van der Waals surface area contributed by atoms with E-state index in [1.165, 1.54) is 23.1 Å². The fourth-order valence-electron chi connectivity index (χ4n) is 1.29. The summed E-state index contributed by atoms with van der Waals surface area (Å²) >= 11 is 0. The van der Waals surface area contributed by atoms with Crippen LogP contribution >= 0.6 is 0 Å². The average molecular weight is 207 g/mol. The zero-order valence-electron chi connectivity index (χ0n) is 8.20. The van der Waals surface area contributed by atoms with Crippen molar-refractivity contribution in [3.63, 3.8) is 0 Å². The lowest BCUT2D eigenvalue weighted by atomic mass is 10.1. The molecule has 0 aliphatic heterocycles. The van der Waals surface area contributed by atoms with Crippen molar-refractivity contribution < 1.29 is 14.3 Å². The van der Waals surface area contributed by atoms with E-state index in [1.807, 2.05) is 0 Å². The second-order valence-electron chi connectivity index (χ2n) is 3.00. The summed E-state index contributed by atoms with van der Waals surface area (Å²) in [4.78, 5) is 12.2. The normalized spacial score (nSPS) is 9.40. The topological polar surface area (TPSA) is 40.5 Å². The van der Waals surface area contributed by atoms with Crippen LogP contribution in [0.4, 0.5) is 10.1 Å². The number of carboxylic acid groups (broad SMARTS) is 1. The molecule has 0 heterocycles. The molecule has 1 aromatic carbocycles. The van der Waals surface area contributed by atoms with E-state index in [4.69, 9.17) is 11.5 Å². The molecule has 0 spiro atoms. The standard InChI is InChI=1S/C11H10FNO2/c1-3-7-13(2)10-8(11(14)15)5-4-6-9(10)12/h1,4-6H,7H2,2H3,(H,14,15). The first-order valence-electron chi connectivity index (χ1n) is 4.24. The molecule has 3 nitrogen and oxygen atoms in total. The highest BCUT2D eigenvalue weighted by atomic mass is 19.1. The highest BCUT2D eigenvalue weighted by molar-refractivity contribution is 5.94. The molecule has 0 bridgehead atoms. The van der Waals surface area contributed by atoms with E-state index in [0.29, 0.717) is 0 Å². The Balaban J connectivity index is 3.25. The van der Waals surface area contributed by atoms with Gasteiger partial charge in [0.15, 0.2) is 0 Å². The van der Waals surface area contributed by atoms with Gasteiger partial charge in [-0.1, -0.05) is 12.0 Å². The minimum Gasteiger partial charge on any atom is -0.478 e. The van der Waals surface area contributed by atoms with Crippen molar-refractivity contribution in [2.75, 3.05) is 18.5 Å². The minimum atomic E-state index is -1.17. The molecule has 0 saturated heterocycles. The van der Waals surface area contributed by atoms with E-state index in [1.54, 1.807) is 7.05 Å². The third kappa shape index (κ3) is 2.26. The summed E-state index contributed by atoms with van der Waals surface area (Å²) in [5.41, 5.74) is -0.0734. The summed E-state index contributed by atoms with van der Waals surface area (Å²) in [6.07, 6.45) is 5.08. The van der Waals surface area contributed by atoms with Gasteiger partial charge < -0.3 is 10.0 Å². The Morgan fingerprint density at radius 3 is 2.87 bits per heavy atom. The van der Waals surface area contributed by atoms with Gasteiger partial charge in [0.1, 0.15) is 5.82 Å². The predicted octanol–water partition coefficient (Wildman–Crippen LogP) is 1.59. The lowest BCUT2D eigenvalue weighted by molar-refractivity contribution is 0.0697. The summed E-state index contributed by atoms with van der Waals surface area (Å²) in [7, 11) is 1.55. The Morgan fingerprint density at radius 1 is 1.67 bits per heavy atom. The number of rotatable bonds is 3. The van der Waals surface area contributed by atoms with Gasteiger partial charge in [0, 0.05) is 7.05 Å². The van der Waals surface area contributed by atoms with Crippen molar-refractivity contribution in [1.82, 2.24) is 0 Å². The number of carboxylic acids is 1. The molecule has 0 aliphatic carbocycles. The Kier molecular flexibility index (Phi) is 3.29. The van der Waals surface area contributed by atoms with Crippen molar-refractivity contribution in [3.05, 3.63) is 29.6 Å². The van der Waals surface area contributed by atoms with Crippen LogP contribution in [0.15, 0.2) is 18.2 Å². The number of aromatic carboxylic acids is 1. The maximum Gasteiger partial charge on any atom is 0.337 e. The van der Waals surface area contributed by atoms with Gasteiger partial charge in [0.05, 0.1) is 17.8 Å². The molecule has 1 rings (SSSR count). The molecular weight excluding hydrogens is 197 g/mol. The van der Waals surface area contributed by atoms with Crippen LogP contribution in [0.2, 0.25) is 0 Å². The fourth-order valence-corrected chi connectivity index (χ4v) is 1.29. The van der Waals surface area contributed by atoms with Crippen LogP contribution in [0.5, 0.6) is 0 Å². The van der Waals surface area contributed by atoms with Gasteiger partial charge in [-0.15, -0.1) is 6.42 Å². The quantitative estimate of drug-likeness (QED) is 0.765. The van der Waals surface area contributed by atoms with Gasteiger partial charge in [0.25, 0.3) is 0 Å². The number of nitrogens with zero attached hydrogens (tertiary/aromatic N) is 1. The molecule has 0 atom stereocenters. The number of benzene rings is 1. The summed E-state index contributed by atoms with van der Waals surface area (Å²) in [6.45, 7) is 0.154. The molecule has 0 fully saturated rings. The third-order valence-corrected chi connectivity index (χ3v) is 1.93. The minimum absolute atomic E-state index is 0.0166. The van der Waals surface area contributed by atoms with Gasteiger partial charge in [-0.2, -0.15) is 0 Å². The van der Waals surface area contributed by atoms with Crippen LogP contribution in [0.25, 0.3) is 0 Å². The van der Waals surface area contributed by atoms with Crippen LogP contribution in [-0.2, 0) is 0 Å². The number of hydrogen-bond donors (Lipinski definition) is 1. The SMILES string of the molecule is C#CCN(C)c1c(F)cccc1C(=O)O. The van der Waals surface area contributed by atoms with Crippen molar-refractivity contribution in [2.45, 2.75) is 0 Å².